The normalized spacial score (nSPS) is 18.3. The third-order valence-electron chi connectivity index (χ3n) is 3.74. The number of ether oxygens (including phenoxy) is 2. The lowest BCUT2D eigenvalue weighted by atomic mass is 10.0. The number of fused-ring (bicyclic) bond motifs is 1. The van der Waals surface area contributed by atoms with Crippen LogP contribution in [0.25, 0.3) is 0 Å². The smallest absolute Gasteiger partial charge is 0.303 e. The fraction of sp³-hybridized carbons (Fsp3) is 0.222. The Morgan fingerprint density at radius 2 is 1.84 bits per heavy atom. The SMILES string of the molecule is CC(=O)OC1CO/C(=N/S(=O)(=O)c2ccc(C)cc2)c2ccccc21. The van der Waals surface area contributed by atoms with Crippen molar-refractivity contribution in [2.45, 2.75) is 24.8 Å². The van der Waals surface area contributed by atoms with Gasteiger partial charge < -0.3 is 9.47 Å². The average molecular weight is 359 g/mol. The van der Waals surface area contributed by atoms with E-state index >= 15 is 0 Å². The van der Waals surface area contributed by atoms with Gasteiger partial charge in [0.15, 0.2) is 6.10 Å². The lowest BCUT2D eigenvalue weighted by Crippen LogP contribution is -2.26. The highest BCUT2D eigenvalue weighted by Gasteiger charge is 2.29. The van der Waals surface area contributed by atoms with Gasteiger partial charge in [-0.05, 0) is 25.1 Å². The summed E-state index contributed by atoms with van der Waals surface area (Å²) in [6.07, 6.45) is -0.588. The fourth-order valence-corrected chi connectivity index (χ4v) is 3.49. The molecule has 0 saturated carbocycles. The zero-order valence-electron chi connectivity index (χ0n) is 13.8. The van der Waals surface area contributed by atoms with E-state index in [9.17, 15) is 13.2 Å². The summed E-state index contributed by atoms with van der Waals surface area (Å²) in [4.78, 5) is 11.3. The van der Waals surface area contributed by atoms with Gasteiger partial charge in [-0.1, -0.05) is 35.9 Å². The van der Waals surface area contributed by atoms with Crippen LogP contribution >= 0.6 is 0 Å². The zero-order chi connectivity index (χ0) is 18.0. The molecule has 1 aliphatic rings. The van der Waals surface area contributed by atoms with E-state index in [0.717, 1.165) is 5.56 Å². The Labute approximate surface area is 146 Å². The van der Waals surface area contributed by atoms with Crippen LogP contribution in [0.3, 0.4) is 0 Å². The van der Waals surface area contributed by atoms with Gasteiger partial charge in [-0.25, -0.2) is 0 Å². The van der Waals surface area contributed by atoms with Crippen molar-refractivity contribution < 1.29 is 22.7 Å². The molecule has 0 saturated heterocycles. The number of rotatable bonds is 3. The van der Waals surface area contributed by atoms with Gasteiger partial charge in [0.1, 0.15) is 6.61 Å². The molecule has 2 aromatic rings. The average Bonchev–Trinajstić information content (AvgIpc) is 2.57. The summed E-state index contributed by atoms with van der Waals surface area (Å²) in [6.45, 7) is 3.20. The van der Waals surface area contributed by atoms with Crippen LogP contribution < -0.4 is 0 Å². The van der Waals surface area contributed by atoms with Crippen LogP contribution in [0.5, 0.6) is 0 Å². The zero-order valence-corrected chi connectivity index (χ0v) is 14.6. The Kier molecular flexibility index (Phi) is 4.59. The van der Waals surface area contributed by atoms with Gasteiger partial charge in [0.25, 0.3) is 10.0 Å². The Morgan fingerprint density at radius 1 is 1.16 bits per heavy atom. The van der Waals surface area contributed by atoms with Crippen LogP contribution in [0, 0.1) is 6.92 Å². The van der Waals surface area contributed by atoms with Crippen molar-refractivity contribution in [3.63, 3.8) is 0 Å². The molecule has 0 N–H and O–H groups in total. The van der Waals surface area contributed by atoms with Crippen LogP contribution in [0.2, 0.25) is 0 Å². The number of hydrogen-bond acceptors (Lipinski definition) is 5. The van der Waals surface area contributed by atoms with E-state index in [-0.39, 0.29) is 17.4 Å². The van der Waals surface area contributed by atoms with E-state index in [4.69, 9.17) is 9.47 Å². The summed E-state index contributed by atoms with van der Waals surface area (Å²) < 4.78 is 39.6. The third kappa shape index (κ3) is 3.71. The molecule has 0 radical (unpaired) electrons. The Bertz CT molecular complexity index is 932. The Hall–Kier alpha value is -2.67. The molecule has 6 nitrogen and oxygen atoms in total. The maximum absolute atomic E-state index is 12.5. The van der Waals surface area contributed by atoms with E-state index in [0.29, 0.717) is 11.1 Å². The Balaban J connectivity index is 2.01. The first kappa shape index (κ1) is 17.2. The number of carbonyl (C=O) groups excluding carboxylic acids is 1. The Morgan fingerprint density at radius 3 is 2.52 bits per heavy atom. The van der Waals surface area contributed by atoms with Crippen molar-refractivity contribution in [1.82, 2.24) is 0 Å². The van der Waals surface area contributed by atoms with Gasteiger partial charge in [0.2, 0.25) is 5.90 Å². The second kappa shape index (κ2) is 6.68. The van der Waals surface area contributed by atoms with Crippen molar-refractivity contribution in [3.05, 3.63) is 65.2 Å². The number of nitrogens with zero attached hydrogens (tertiary/aromatic N) is 1. The monoisotopic (exact) mass is 359 g/mol. The maximum Gasteiger partial charge on any atom is 0.303 e. The first-order chi connectivity index (χ1) is 11.9. The summed E-state index contributed by atoms with van der Waals surface area (Å²) in [5.74, 6) is -0.435. The largest absolute Gasteiger partial charge is 0.472 e. The highest BCUT2D eigenvalue weighted by atomic mass is 32.2. The molecule has 0 aromatic heterocycles. The molecule has 25 heavy (non-hydrogen) atoms. The standard InChI is InChI=1S/C18H17NO5S/c1-12-7-9-14(10-8-12)25(21,22)19-18-16-6-4-3-5-15(16)17(11-23-18)24-13(2)20/h3-10,17H,11H2,1-2H3/b19-18+. The van der Waals surface area contributed by atoms with Crippen LogP contribution in [-0.2, 0) is 24.3 Å². The molecule has 1 atom stereocenters. The lowest BCUT2D eigenvalue weighted by molar-refractivity contribution is -0.148. The minimum Gasteiger partial charge on any atom is -0.472 e. The van der Waals surface area contributed by atoms with Crippen molar-refractivity contribution in [2.75, 3.05) is 6.61 Å². The van der Waals surface area contributed by atoms with Crippen molar-refractivity contribution in [1.29, 1.82) is 0 Å². The number of sulfonamides is 1. The molecule has 7 heteroatoms. The van der Waals surface area contributed by atoms with Crippen molar-refractivity contribution in [3.8, 4) is 0 Å². The molecule has 0 bridgehead atoms. The summed E-state index contributed by atoms with van der Waals surface area (Å²) in [5, 5.41) is 0. The lowest BCUT2D eigenvalue weighted by Gasteiger charge is -2.26. The van der Waals surface area contributed by atoms with Gasteiger partial charge >= 0.3 is 5.97 Å². The molecule has 2 aromatic carbocycles. The van der Waals surface area contributed by atoms with Gasteiger partial charge in [-0.3, -0.25) is 4.79 Å². The van der Waals surface area contributed by atoms with Gasteiger partial charge in [0.05, 0.1) is 4.90 Å². The van der Waals surface area contributed by atoms with Crippen LogP contribution in [0.15, 0.2) is 57.8 Å². The van der Waals surface area contributed by atoms with E-state index in [1.54, 1.807) is 36.4 Å². The molecule has 0 aliphatic carbocycles. The highest BCUT2D eigenvalue weighted by Crippen LogP contribution is 2.29. The molecule has 1 unspecified atom stereocenters. The quantitative estimate of drug-likeness (QED) is 0.787. The van der Waals surface area contributed by atoms with Gasteiger partial charge in [-0.2, -0.15) is 8.42 Å². The van der Waals surface area contributed by atoms with Crippen molar-refractivity contribution >= 4 is 21.9 Å². The highest BCUT2D eigenvalue weighted by molar-refractivity contribution is 7.90. The topological polar surface area (TPSA) is 82.0 Å². The minimum atomic E-state index is -3.90. The predicted octanol–water partition coefficient (Wildman–Crippen LogP) is 2.76. The molecule has 130 valence electrons. The molecule has 0 fully saturated rings. The summed E-state index contributed by atoms with van der Waals surface area (Å²) in [5.41, 5.74) is 2.12. The second-order valence-corrected chi connectivity index (χ2v) is 7.28. The third-order valence-corrected chi connectivity index (χ3v) is 5.01. The minimum absolute atomic E-state index is 0.000392. The fourth-order valence-electron chi connectivity index (χ4n) is 2.54. The molecule has 1 aliphatic heterocycles. The van der Waals surface area contributed by atoms with Crippen LogP contribution in [0.4, 0.5) is 0 Å². The first-order valence-electron chi connectivity index (χ1n) is 7.68. The maximum atomic E-state index is 12.5. The first-order valence-corrected chi connectivity index (χ1v) is 9.12. The molecular formula is C18H17NO5S. The molecule has 3 rings (SSSR count). The van der Waals surface area contributed by atoms with Crippen LogP contribution in [0.1, 0.15) is 29.7 Å². The molecular weight excluding hydrogens is 342 g/mol. The number of esters is 1. The number of aryl methyl sites for hydroxylation is 1. The number of hydrogen-bond donors (Lipinski definition) is 0. The number of benzene rings is 2. The van der Waals surface area contributed by atoms with E-state index < -0.39 is 22.1 Å². The number of carbonyl (C=O) groups is 1. The molecule has 0 amide bonds. The van der Waals surface area contributed by atoms with E-state index in [1.807, 2.05) is 6.92 Å². The van der Waals surface area contributed by atoms with Crippen molar-refractivity contribution in [2.24, 2.45) is 4.40 Å². The molecule has 1 heterocycles. The van der Waals surface area contributed by atoms with Gasteiger partial charge in [0, 0.05) is 18.1 Å². The predicted molar refractivity (Wildman–Crippen MR) is 91.8 cm³/mol. The molecule has 0 spiro atoms. The van der Waals surface area contributed by atoms with E-state index in [2.05, 4.69) is 4.40 Å². The summed E-state index contributed by atoms with van der Waals surface area (Å²) in [6, 6.07) is 13.4. The summed E-state index contributed by atoms with van der Waals surface area (Å²) in [7, 11) is -3.90. The van der Waals surface area contributed by atoms with Crippen LogP contribution in [-0.4, -0.2) is 26.9 Å². The van der Waals surface area contributed by atoms with Gasteiger partial charge in [-0.15, -0.1) is 4.40 Å². The second-order valence-electron chi connectivity index (χ2n) is 5.68. The summed E-state index contributed by atoms with van der Waals surface area (Å²) >= 11 is 0. The van der Waals surface area contributed by atoms with E-state index in [1.165, 1.54) is 19.1 Å².